The molecule has 0 radical (unpaired) electrons. The summed E-state index contributed by atoms with van der Waals surface area (Å²) in [6.45, 7) is 7.03. The van der Waals surface area contributed by atoms with Gasteiger partial charge in [0.25, 0.3) is 0 Å². The molecule has 1 aromatic carbocycles. The van der Waals surface area contributed by atoms with E-state index in [0.717, 1.165) is 0 Å². The number of nitrogens with zero attached hydrogens (tertiary/aromatic N) is 1. The molecule has 4 heteroatoms. The number of ether oxygens (including phenoxy) is 1. The molecule has 1 heterocycles. The van der Waals surface area contributed by atoms with Gasteiger partial charge in [0.1, 0.15) is 0 Å². The largest absolute Gasteiger partial charge is 0.464 e. The average Bonchev–Trinajstić information content (AvgIpc) is 2.70. The molecule has 0 saturated carbocycles. The summed E-state index contributed by atoms with van der Waals surface area (Å²) in [5.41, 5.74) is 1.55. The lowest BCUT2D eigenvalue weighted by Crippen LogP contribution is -2.41. The number of hydrogen-bond acceptors (Lipinski definition) is 4. The number of fused-ring (bicyclic) bond motifs is 1. The normalized spacial score (nSPS) is 15.5. The molecule has 4 nitrogen and oxygen atoms in total. The molecule has 0 fully saturated rings. The van der Waals surface area contributed by atoms with Crippen molar-refractivity contribution in [1.29, 1.82) is 0 Å². The number of hydrogen-bond donors (Lipinski definition) is 0. The molecular formula is C14H19NO3. The lowest BCUT2D eigenvalue weighted by Gasteiger charge is -2.27. The third-order valence-corrected chi connectivity index (χ3v) is 2.94. The zero-order valence-electron chi connectivity index (χ0n) is 11.1. The number of benzene rings is 1. The van der Waals surface area contributed by atoms with Crippen LogP contribution in [-0.2, 0) is 27.5 Å². The summed E-state index contributed by atoms with van der Waals surface area (Å²) in [5, 5.41) is 1.81. The highest BCUT2D eigenvalue weighted by molar-refractivity contribution is 5.78. The van der Waals surface area contributed by atoms with Crippen LogP contribution in [0.2, 0.25) is 0 Å². The molecule has 0 N–H and O–H groups in total. The van der Waals surface area contributed by atoms with E-state index in [4.69, 9.17) is 9.57 Å². The van der Waals surface area contributed by atoms with Crippen molar-refractivity contribution in [2.75, 3.05) is 6.61 Å². The van der Waals surface area contributed by atoms with E-state index in [1.807, 2.05) is 17.2 Å². The minimum Gasteiger partial charge on any atom is -0.464 e. The molecule has 0 aliphatic carbocycles. The van der Waals surface area contributed by atoms with Crippen LogP contribution < -0.4 is 0 Å². The van der Waals surface area contributed by atoms with Crippen molar-refractivity contribution in [1.82, 2.24) is 5.06 Å². The molecule has 18 heavy (non-hydrogen) atoms. The topological polar surface area (TPSA) is 38.8 Å². The van der Waals surface area contributed by atoms with E-state index >= 15 is 0 Å². The summed E-state index contributed by atoms with van der Waals surface area (Å²) in [6, 6.07) is 8.18. The number of esters is 1. The van der Waals surface area contributed by atoms with Crippen molar-refractivity contribution in [3.63, 3.8) is 0 Å². The summed E-state index contributed by atoms with van der Waals surface area (Å²) in [4.78, 5) is 17.5. The fraction of sp³-hybridized carbons (Fsp3) is 0.500. The Bertz CT molecular complexity index is 417. The van der Waals surface area contributed by atoms with Crippen LogP contribution in [0, 0.1) is 0 Å². The second kappa shape index (κ2) is 5.08. The molecule has 1 aliphatic heterocycles. The summed E-state index contributed by atoms with van der Waals surface area (Å²) >= 11 is 0. The predicted molar refractivity (Wildman–Crippen MR) is 67.5 cm³/mol. The highest BCUT2D eigenvalue weighted by Gasteiger charge is 2.35. The van der Waals surface area contributed by atoms with Gasteiger partial charge in [0, 0.05) is 13.1 Å². The standard InChI is InChI=1S/C14H19NO3/c1-4-17-13(16)14(2,3)18-15-9-11-7-5-6-8-12(11)10-15/h5-8H,4,9-10H2,1-3H3. The molecule has 0 atom stereocenters. The maximum absolute atomic E-state index is 11.8. The molecular weight excluding hydrogens is 230 g/mol. The van der Waals surface area contributed by atoms with Crippen LogP contribution in [0.4, 0.5) is 0 Å². The number of hydroxylamine groups is 2. The zero-order valence-corrected chi connectivity index (χ0v) is 11.1. The Morgan fingerprint density at radius 2 is 1.83 bits per heavy atom. The van der Waals surface area contributed by atoms with Crippen molar-refractivity contribution in [3.05, 3.63) is 35.4 Å². The first-order valence-corrected chi connectivity index (χ1v) is 6.21. The van der Waals surface area contributed by atoms with Gasteiger partial charge in [-0.3, -0.25) is 4.84 Å². The Morgan fingerprint density at radius 3 is 2.33 bits per heavy atom. The smallest absolute Gasteiger partial charge is 0.339 e. The molecule has 0 aromatic heterocycles. The Hall–Kier alpha value is -1.39. The zero-order chi connectivity index (χ0) is 13.2. The Morgan fingerprint density at radius 1 is 1.28 bits per heavy atom. The Labute approximate surface area is 107 Å². The minimum absolute atomic E-state index is 0.332. The molecule has 0 spiro atoms. The molecule has 0 saturated heterocycles. The first kappa shape index (κ1) is 13.1. The number of rotatable bonds is 4. The lowest BCUT2D eigenvalue weighted by molar-refractivity contribution is -0.247. The second-order valence-corrected chi connectivity index (χ2v) is 4.89. The van der Waals surface area contributed by atoms with Gasteiger partial charge in [-0.25, -0.2) is 4.79 Å². The first-order valence-electron chi connectivity index (χ1n) is 6.21. The third kappa shape index (κ3) is 2.71. The van der Waals surface area contributed by atoms with Crippen molar-refractivity contribution in [2.45, 2.75) is 39.5 Å². The van der Waals surface area contributed by atoms with E-state index in [9.17, 15) is 4.79 Å². The van der Waals surface area contributed by atoms with E-state index in [-0.39, 0.29) is 5.97 Å². The van der Waals surface area contributed by atoms with Crippen LogP contribution in [0.5, 0.6) is 0 Å². The van der Waals surface area contributed by atoms with Crippen molar-refractivity contribution in [3.8, 4) is 0 Å². The fourth-order valence-corrected chi connectivity index (χ4v) is 2.03. The summed E-state index contributed by atoms with van der Waals surface area (Å²) in [7, 11) is 0. The molecule has 0 unspecified atom stereocenters. The van der Waals surface area contributed by atoms with E-state index in [1.165, 1.54) is 11.1 Å². The highest BCUT2D eigenvalue weighted by atomic mass is 16.7. The van der Waals surface area contributed by atoms with Gasteiger partial charge in [0.2, 0.25) is 0 Å². The van der Waals surface area contributed by atoms with E-state index in [0.29, 0.717) is 19.7 Å². The van der Waals surface area contributed by atoms with E-state index in [1.54, 1.807) is 20.8 Å². The van der Waals surface area contributed by atoms with Gasteiger partial charge in [0.15, 0.2) is 5.60 Å². The summed E-state index contributed by atoms with van der Waals surface area (Å²) < 4.78 is 5.00. The lowest BCUT2D eigenvalue weighted by atomic mass is 10.1. The van der Waals surface area contributed by atoms with Crippen molar-refractivity contribution < 1.29 is 14.4 Å². The molecule has 1 aromatic rings. The SMILES string of the molecule is CCOC(=O)C(C)(C)ON1Cc2ccccc2C1. The van der Waals surface area contributed by atoms with Crippen LogP contribution in [-0.4, -0.2) is 23.2 Å². The second-order valence-electron chi connectivity index (χ2n) is 4.89. The van der Waals surface area contributed by atoms with Gasteiger partial charge < -0.3 is 4.74 Å². The summed E-state index contributed by atoms with van der Waals surface area (Å²) in [6.07, 6.45) is 0. The molecule has 1 aliphatic rings. The predicted octanol–water partition coefficient (Wildman–Crippen LogP) is 2.28. The average molecular weight is 249 g/mol. The Kier molecular flexibility index (Phi) is 3.68. The molecule has 0 bridgehead atoms. The van der Waals surface area contributed by atoms with Gasteiger partial charge in [-0.1, -0.05) is 24.3 Å². The van der Waals surface area contributed by atoms with Gasteiger partial charge in [-0.15, -0.1) is 0 Å². The quantitative estimate of drug-likeness (QED) is 0.767. The van der Waals surface area contributed by atoms with Gasteiger partial charge in [-0.2, -0.15) is 5.06 Å². The summed E-state index contributed by atoms with van der Waals surface area (Å²) in [5.74, 6) is -0.332. The van der Waals surface area contributed by atoms with Gasteiger partial charge in [-0.05, 0) is 31.9 Å². The maximum Gasteiger partial charge on any atom is 0.339 e. The number of carbonyl (C=O) groups is 1. The van der Waals surface area contributed by atoms with Crippen LogP contribution >= 0.6 is 0 Å². The molecule has 0 amide bonds. The first-order chi connectivity index (χ1) is 8.53. The fourth-order valence-electron chi connectivity index (χ4n) is 2.03. The van der Waals surface area contributed by atoms with Crippen molar-refractivity contribution >= 4 is 5.97 Å². The van der Waals surface area contributed by atoms with Crippen LogP contribution in [0.25, 0.3) is 0 Å². The van der Waals surface area contributed by atoms with E-state index in [2.05, 4.69) is 12.1 Å². The Balaban J connectivity index is 1.98. The van der Waals surface area contributed by atoms with Gasteiger partial charge in [0.05, 0.1) is 6.61 Å². The van der Waals surface area contributed by atoms with Crippen LogP contribution in [0.15, 0.2) is 24.3 Å². The van der Waals surface area contributed by atoms with Crippen molar-refractivity contribution in [2.24, 2.45) is 0 Å². The maximum atomic E-state index is 11.8. The molecule has 2 rings (SSSR count). The monoisotopic (exact) mass is 249 g/mol. The third-order valence-electron chi connectivity index (χ3n) is 2.94. The van der Waals surface area contributed by atoms with E-state index < -0.39 is 5.60 Å². The van der Waals surface area contributed by atoms with Gasteiger partial charge >= 0.3 is 5.97 Å². The van der Waals surface area contributed by atoms with Crippen LogP contribution in [0.1, 0.15) is 31.9 Å². The molecule has 98 valence electrons. The number of carbonyl (C=O) groups excluding carboxylic acids is 1. The van der Waals surface area contributed by atoms with Crippen LogP contribution in [0.3, 0.4) is 0 Å². The highest BCUT2D eigenvalue weighted by Crippen LogP contribution is 2.25. The minimum atomic E-state index is -0.946.